The minimum atomic E-state index is -0.0909. The van der Waals surface area contributed by atoms with Crippen LogP contribution in [0, 0.1) is 17.3 Å². The Morgan fingerprint density at radius 3 is 2.90 bits per heavy atom. The average molecular weight is 282 g/mol. The fourth-order valence-electron chi connectivity index (χ4n) is 5.15. The molecular weight excluding hydrogens is 260 g/mol. The van der Waals surface area contributed by atoms with Crippen LogP contribution < -0.4 is 0 Å². The van der Waals surface area contributed by atoms with E-state index in [4.69, 9.17) is 0 Å². The summed E-state index contributed by atoms with van der Waals surface area (Å²) in [6.07, 6.45) is 6.30. The van der Waals surface area contributed by atoms with E-state index in [2.05, 4.69) is 26.0 Å². The lowest BCUT2D eigenvalue weighted by Gasteiger charge is -2.47. The van der Waals surface area contributed by atoms with E-state index < -0.39 is 0 Å². The van der Waals surface area contributed by atoms with Gasteiger partial charge in [-0.3, -0.25) is 4.79 Å². The number of ketones is 1. The second-order valence-corrected chi connectivity index (χ2v) is 7.33. The molecule has 0 unspecified atom stereocenters. The number of aromatic hydroxyl groups is 1. The van der Waals surface area contributed by atoms with Gasteiger partial charge in [0.25, 0.3) is 0 Å². The van der Waals surface area contributed by atoms with E-state index in [-0.39, 0.29) is 5.41 Å². The minimum absolute atomic E-state index is 0.0909. The van der Waals surface area contributed by atoms with Gasteiger partial charge in [-0.1, -0.05) is 19.1 Å². The Hall–Kier alpha value is -1.57. The summed E-state index contributed by atoms with van der Waals surface area (Å²) in [7, 11) is 0. The summed E-state index contributed by atoms with van der Waals surface area (Å²) in [6, 6.07) is 5.80. The first-order valence-electron chi connectivity index (χ1n) is 8.06. The maximum Gasteiger partial charge on any atom is 0.139 e. The van der Waals surface area contributed by atoms with Crippen molar-refractivity contribution in [1.82, 2.24) is 0 Å². The van der Waals surface area contributed by atoms with Crippen molar-refractivity contribution in [3.05, 3.63) is 35.4 Å². The first-order chi connectivity index (χ1) is 10.0. The Morgan fingerprint density at radius 1 is 1.29 bits per heavy atom. The molecule has 3 aliphatic carbocycles. The maximum atomic E-state index is 12.3. The Morgan fingerprint density at radius 2 is 2.10 bits per heavy atom. The molecule has 2 nitrogen and oxygen atoms in total. The highest BCUT2D eigenvalue weighted by atomic mass is 16.3. The van der Waals surface area contributed by atoms with E-state index >= 15 is 0 Å². The van der Waals surface area contributed by atoms with Crippen LogP contribution in [0.4, 0.5) is 0 Å². The average Bonchev–Trinajstić information content (AvgIpc) is 2.76. The topological polar surface area (TPSA) is 37.3 Å². The summed E-state index contributed by atoms with van der Waals surface area (Å²) in [5, 5.41) is 9.76. The van der Waals surface area contributed by atoms with Crippen molar-refractivity contribution in [2.24, 2.45) is 17.3 Å². The predicted octanol–water partition coefficient (Wildman–Crippen LogP) is 4.29. The number of phenolic OH excluding ortho intramolecular Hbond substituents is 1. The van der Waals surface area contributed by atoms with Gasteiger partial charge in [-0.2, -0.15) is 0 Å². The largest absolute Gasteiger partial charge is 0.508 e. The van der Waals surface area contributed by atoms with Crippen LogP contribution in [-0.4, -0.2) is 10.9 Å². The number of rotatable bonds is 0. The number of carbonyl (C=O) groups excluding carboxylic acids is 1. The Bertz CT molecular complexity index is 658. The summed E-state index contributed by atoms with van der Waals surface area (Å²) in [5.74, 6) is 2.34. The molecular formula is C19H22O2. The van der Waals surface area contributed by atoms with E-state index in [9.17, 15) is 9.90 Å². The van der Waals surface area contributed by atoms with E-state index in [0.29, 0.717) is 29.3 Å². The molecule has 2 fully saturated rings. The van der Waals surface area contributed by atoms with Crippen molar-refractivity contribution in [2.45, 2.75) is 45.4 Å². The second-order valence-electron chi connectivity index (χ2n) is 7.33. The van der Waals surface area contributed by atoms with Crippen molar-refractivity contribution in [3.63, 3.8) is 0 Å². The summed E-state index contributed by atoms with van der Waals surface area (Å²) in [6.45, 7) is 4.33. The van der Waals surface area contributed by atoms with Gasteiger partial charge in [0.05, 0.1) is 0 Å². The smallest absolute Gasteiger partial charge is 0.139 e. The normalized spacial score (nSPS) is 37.5. The van der Waals surface area contributed by atoms with E-state index in [1.807, 2.05) is 12.1 Å². The number of Topliss-reactive ketones (excluding diaryl/α,β-unsaturated/α-hetero) is 1. The molecule has 1 aromatic rings. The highest BCUT2D eigenvalue weighted by Gasteiger charge is 2.54. The van der Waals surface area contributed by atoms with Gasteiger partial charge in [-0.05, 0) is 72.8 Å². The molecule has 0 amide bonds. The van der Waals surface area contributed by atoms with Gasteiger partial charge in [0.2, 0.25) is 0 Å². The van der Waals surface area contributed by atoms with Crippen LogP contribution >= 0.6 is 0 Å². The Balaban J connectivity index is 1.82. The SMILES string of the molecule is CC1=C[C@@H]2[C@H](CC[C@]3(C)C(=O)CC[C@@H]23)c2ccc(O)cc21. The Labute approximate surface area is 125 Å². The van der Waals surface area contributed by atoms with Gasteiger partial charge < -0.3 is 5.11 Å². The number of hydrogen-bond donors (Lipinski definition) is 1. The van der Waals surface area contributed by atoms with Gasteiger partial charge in [0, 0.05) is 11.8 Å². The van der Waals surface area contributed by atoms with Gasteiger partial charge >= 0.3 is 0 Å². The highest BCUT2D eigenvalue weighted by molar-refractivity contribution is 5.87. The van der Waals surface area contributed by atoms with Crippen molar-refractivity contribution >= 4 is 11.4 Å². The number of allylic oxidation sites excluding steroid dienone is 2. The summed E-state index contributed by atoms with van der Waals surface area (Å²) >= 11 is 0. The molecule has 21 heavy (non-hydrogen) atoms. The van der Waals surface area contributed by atoms with Gasteiger partial charge in [-0.25, -0.2) is 0 Å². The molecule has 0 bridgehead atoms. The third-order valence-electron chi connectivity index (χ3n) is 6.35. The summed E-state index contributed by atoms with van der Waals surface area (Å²) in [4.78, 5) is 12.3. The number of phenols is 1. The molecule has 4 atom stereocenters. The first-order valence-corrected chi connectivity index (χ1v) is 8.06. The molecule has 2 saturated carbocycles. The first kappa shape index (κ1) is 13.1. The number of fused-ring (bicyclic) bond motifs is 5. The van der Waals surface area contributed by atoms with Crippen LogP contribution in [0.15, 0.2) is 24.3 Å². The standard InChI is InChI=1S/C19H22O2/c1-11-9-16-14(13-4-3-12(20)10-15(11)13)7-8-19(2)17(16)5-6-18(19)21/h3-4,9-10,14,16-17,20H,5-8H2,1-2H3/t14-,16-,17+,19+/m1/s1. The molecule has 110 valence electrons. The molecule has 4 rings (SSSR count). The predicted molar refractivity (Wildman–Crippen MR) is 83.1 cm³/mol. The van der Waals surface area contributed by atoms with Gasteiger partial charge in [0.1, 0.15) is 11.5 Å². The lowest BCUT2D eigenvalue weighted by molar-refractivity contribution is -0.128. The van der Waals surface area contributed by atoms with Crippen LogP contribution in [0.5, 0.6) is 5.75 Å². The number of carbonyl (C=O) groups is 1. The van der Waals surface area contributed by atoms with Gasteiger partial charge in [0.15, 0.2) is 0 Å². The third kappa shape index (κ3) is 1.68. The van der Waals surface area contributed by atoms with Crippen LogP contribution in [0.2, 0.25) is 0 Å². The van der Waals surface area contributed by atoms with E-state index in [0.717, 1.165) is 25.7 Å². The lowest BCUT2D eigenvalue weighted by Crippen LogP contribution is -2.41. The lowest BCUT2D eigenvalue weighted by atomic mass is 9.56. The van der Waals surface area contributed by atoms with Gasteiger partial charge in [-0.15, -0.1) is 0 Å². The van der Waals surface area contributed by atoms with Crippen molar-refractivity contribution in [2.75, 3.05) is 0 Å². The molecule has 0 aromatic heterocycles. The third-order valence-corrected chi connectivity index (χ3v) is 6.35. The monoisotopic (exact) mass is 282 g/mol. The van der Waals surface area contributed by atoms with Crippen LogP contribution in [0.1, 0.15) is 56.6 Å². The molecule has 1 aromatic carbocycles. The Kier molecular flexibility index (Phi) is 2.64. The fraction of sp³-hybridized carbons (Fsp3) is 0.526. The quantitative estimate of drug-likeness (QED) is 0.770. The molecule has 0 heterocycles. The van der Waals surface area contributed by atoms with Crippen LogP contribution in [0.3, 0.4) is 0 Å². The minimum Gasteiger partial charge on any atom is -0.508 e. The molecule has 2 heteroatoms. The number of hydrogen-bond acceptors (Lipinski definition) is 2. The zero-order valence-electron chi connectivity index (χ0n) is 12.7. The molecule has 1 N–H and O–H groups in total. The zero-order chi connectivity index (χ0) is 14.8. The summed E-state index contributed by atoms with van der Waals surface area (Å²) < 4.78 is 0. The molecule has 0 saturated heterocycles. The zero-order valence-corrected chi connectivity index (χ0v) is 12.7. The molecule has 0 aliphatic heterocycles. The maximum absolute atomic E-state index is 12.3. The molecule has 0 spiro atoms. The van der Waals surface area contributed by atoms with Crippen LogP contribution in [-0.2, 0) is 4.79 Å². The van der Waals surface area contributed by atoms with E-state index in [1.165, 1.54) is 16.7 Å². The second kappa shape index (κ2) is 4.22. The summed E-state index contributed by atoms with van der Waals surface area (Å²) in [5.41, 5.74) is 3.74. The van der Waals surface area contributed by atoms with Crippen molar-refractivity contribution < 1.29 is 9.90 Å². The number of benzene rings is 1. The highest BCUT2D eigenvalue weighted by Crippen LogP contribution is 2.59. The van der Waals surface area contributed by atoms with Crippen molar-refractivity contribution in [3.8, 4) is 5.75 Å². The van der Waals surface area contributed by atoms with Crippen LogP contribution in [0.25, 0.3) is 5.57 Å². The molecule has 3 aliphatic rings. The fourth-order valence-corrected chi connectivity index (χ4v) is 5.15. The van der Waals surface area contributed by atoms with E-state index in [1.54, 1.807) is 0 Å². The van der Waals surface area contributed by atoms with Crippen molar-refractivity contribution in [1.29, 1.82) is 0 Å². The molecule has 0 radical (unpaired) electrons.